The van der Waals surface area contributed by atoms with Gasteiger partial charge in [-0.3, -0.25) is 9.36 Å². The number of nitrogens with zero attached hydrogens (tertiary/aromatic N) is 2. The van der Waals surface area contributed by atoms with Crippen molar-refractivity contribution in [1.29, 1.82) is 0 Å². The van der Waals surface area contributed by atoms with E-state index < -0.39 is 6.10 Å². The Morgan fingerprint density at radius 2 is 1.96 bits per heavy atom. The van der Waals surface area contributed by atoms with E-state index in [1.54, 1.807) is 16.7 Å². The molecule has 24 heavy (non-hydrogen) atoms. The summed E-state index contributed by atoms with van der Waals surface area (Å²) in [6, 6.07) is 11.8. The summed E-state index contributed by atoms with van der Waals surface area (Å²) in [6.45, 7) is 0.490. The van der Waals surface area contributed by atoms with Gasteiger partial charge in [0.1, 0.15) is 11.6 Å². The van der Waals surface area contributed by atoms with E-state index in [0.717, 1.165) is 11.1 Å². The molecule has 4 nitrogen and oxygen atoms in total. The fraction of sp³-hybridized carbons (Fsp3) is 0.263. The molecule has 1 aromatic heterocycles. The highest BCUT2D eigenvalue weighted by atomic mass is 19.1. The highest BCUT2D eigenvalue weighted by Gasteiger charge is 2.18. The van der Waals surface area contributed by atoms with Crippen LogP contribution in [-0.4, -0.2) is 20.8 Å². The van der Waals surface area contributed by atoms with Gasteiger partial charge in [-0.15, -0.1) is 0 Å². The quantitative estimate of drug-likeness (QED) is 0.749. The molecule has 1 N–H and O–H groups in total. The average Bonchev–Trinajstić information content (AvgIpc) is 2.77. The Labute approximate surface area is 138 Å². The highest BCUT2D eigenvalue weighted by molar-refractivity contribution is 5.83. The second-order valence-corrected chi connectivity index (χ2v) is 6.21. The lowest BCUT2D eigenvalue weighted by atomic mass is 10.0. The number of aliphatic hydroxyl groups is 1. The number of aromatic nitrogens is 2. The molecule has 1 atom stereocenters. The number of rotatable bonds is 1. The van der Waals surface area contributed by atoms with Crippen LogP contribution in [0.5, 0.6) is 0 Å². The fourth-order valence-electron chi connectivity index (χ4n) is 3.25. The number of benzene rings is 2. The zero-order chi connectivity index (χ0) is 16.7. The van der Waals surface area contributed by atoms with Gasteiger partial charge in [-0.1, -0.05) is 18.2 Å². The monoisotopic (exact) mass is 324 g/mol. The van der Waals surface area contributed by atoms with E-state index in [4.69, 9.17) is 0 Å². The van der Waals surface area contributed by atoms with E-state index in [2.05, 4.69) is 4.98 Å². The Bertz CT molecular complexity index is 981. The predicted octanol–water partition coefficient (Wildman–Crippen LogP) is 2.90. The van der Waals surface area contributed by atoms with Crippen molar-refractivity contribution in [2.45, 2.75) is 31.9 Å². The second kappa shape index (κ2) is 5.83. The zero-order valence-electron chi connectivity index (χ0n) is 13.1. The van der Waals surface area contributed by atoms with Crippen LogP contribution in [-0.2, 0) is 13.0 Å². The Kier molecular flexibility index (Phi) is 3.65. The molecule has 1 unspecified atom stereocenters. The lowest BCUT2D eigenvalue weighted by Gasteiger charge is -2.11. The second-order valence-electron chi connectivity index (χ2n) is 6.21. The molecule has 1 aliphatic heterocycles. The maximum absolute atomic E-state index is 13.4. The Hall–Kier alpha value is -2.53. The van der Waals surface area contributed by atoms with Gasteiger partial charge in [0.2, 0.25) is 0 Å². The molecule has 0 spiro atoms. The van der Waals surface area contributed by atoms with E-state index >= 15 is 0 Å². The summed E-state index contributed by atoms with van der Waals surface area (Å²) in [6.07, 6.45) is 1.37. The summed E-state index contributed by atoms with van der Waals surface area (Å²) in [5.74, 6) is 0.414. The first-order valence-electron chi connectivity index (χ1n) is 8.09. The van der Waals surface area contributed by atoms with Gasteiger partial charge < -0.3 is 5.11 Å². The van der Waals surface area contributed by atoms with E-state index in [0.29, 0.717) is 42.5 Å². The first kappa shape index (κ1) is 15.0. The molecule has 0 bridgehead atoms. The summed E-state index contributed by atoms with van der Waals surface area (Å²) < 4.78 is 15.1. The maximum Gasteiger partial charge on any atom is 0.261 e. The molecule has 1 aliphatic rings. The van der Waals surface area contributed by atoms with Crippen LogP contribution in [0.2, 0.25) is 0 Å². The first-order chi connectivity index (χ1) is 11.6. The Balaban J connectivity index is 1.88. The molecule has 0 saturated heterocycles. The van der Waals surface area contributed by atoms with Crippen LogP contribution in [0.25, 0.3) is 22.0 Å². The average molecular weight is 324 g/mol. The van der Waals surface area contributed by atoms with Crippen molar-refractivity contribution in [2.75, 3.05) is 0 Å². The molecular weight excluding hydrogens is 307 g/mol. The third-order valence-electron chi connectivity index (χ3n) is 4.58. The minimum absolute atomic E-state index is 0.0742. The van der Waals surface area contributed by atoms with Gasteiger partial charge in [0.05, 0.1) is 17.0 Å². The van der Waals surface area contributed by atoms with Gasteiger partial charge in [-0.25, -0.2) is 9.37 Å². The van der Waals surface area contributed by atoms with E-state index in [9.17, 15) is 14.3 Å². The molecule has 2 aromatic carbocycles. The molecule has 0 saturated carbocycles. The van der Waals surface area contributed by atoms with E-state index in [1.807, 2.05) is 18.2 Å². The molecule has 0 radical (unpaired) electrons. The standard InChI is InChI=1S/C19H17FN2O2/c20-14-3-1-2-12(10-14)13-4-6-16-17(11-13)21-18-7-5-15(23)8-9-22(18)19(16)24/h1-4,6,10-11,15,23H,5,7-9H2. The topological polar surface area (TPSA) is 55.1 Å². The zero-order valence-corrected chi connectivity index (χ0v) is 13.1. The SMILES string of the molecule is O=c1c2ccc(-c3cccc(F)c3)cc2nc2n1CCC(O)CC2. The van der Waals surface area contributed by atoms with Crippen LogP contribution in [0.3, 0.4) is 0 Å². The summed E-state index contributed by atoms with van der Waals surface area (Å²) in [5.41, 5.74) is 2.12. The third-order valence-corrected chi connectivity index (χ3v) is 4.58. The van der Waals surface area contributed by atoms with Crippen molar-refractivity contribution >= 4 is 10.9 Å². The number of aliphatic hydroxyl groups excluding tert-OH is 1. The van der Waals surface area contributed by atoms with Crippen LogP contribution in [0.15, 0.2) is 47.3 Å². The summed E-state index contributed by atoms with van der Waals surface area (Å²) in [7, 11) is 0. The molecule has 2 heterocycles. The van der Waals surface area contributed by atoms with Crippen molar-refractivity contribution in [1.82, 2.24) is 9.55 Å². The minimum atomic E-state index is -0.392. The molecule has 4 rings (SSSR count). The molecular formula is C19H17FN2O2. The van der Waals surface area contributed by atoms with Crippen LogP contribution < -0.4 is 5.56 Å². The van der Waals surface area contributed by atoms with Crippen LogP contribution in [0.4, 0.5) is 4.39 Å². The molecule has 0 amide bonds. The number of hydrogen-bond acceptors (Lipinski definition) is 3. The molecule has 122 valence electrons. The van der Waals surface area contributed by atoms with Crippen LogP contribution in [0, 0.1) is 5.82 Å². The third kappa shape index (κ3) is 2.61. The predicted molar refractivity (Wildman–Crippen MR) is 90.3 cm³/mol. The van der Waals surface area contributed by atoms with E-state index in [1.165, 1.54) is 12.1 Å². The normalized spacial score (nSPS) is 17.5. The molecule has 0 fully saturated rings. The van der Waals surface area contributed by atoms with Crippen molar-refractivity contribution < 1.29 is 9.50 Å². The van der Waals surface area contributed by atoms with Gasteiger partial charge in [0.25, 0.3) is 5.56 Å². The largest absolute Gasteiger partial charge is 0.393 e. The highest BCUT2D eigenvalue weighted by Crippen LogP contribution is 2.24. The molecule has 3 aromatic rings. The van der Waals surface area contributed by atoms with Gasteiger partial charge in [-0.05, 0) is 48.2 Å². The fourth-order valence-corrected chi connectivity index (χ4v) is 3.25. The van der Waals surface area contributed by atoms with Crippen molar-refractivity contribution in [3.05, 3.63) is 64.5 Å². The lowest BCUT2D eigenvalue weighted by molar-refractivity contribution is 0.155. The van der Waals surface area contributed by atoms with Crippen molar-refractivity contribution in [3.63, 3.8) is 0 Å². The van der Waals surface area contributed by atoms with Crippen molar-refractivity contribution in [3.8, 4) is 11.1 Å². The smallest absolute Gasteiger partial charge is 0.261 e. The summed E-state index contributed by atoms with van der Waals surface area (Å²) in [5, 5.41) is 10.4. The van der Waals surface area contributed by atoms with Gasteiger partial charge in [0.15, 0.2) is 0 Å². The van der Waals surface area contributed by atoms with Gasteiger partial charge in [-0.2, -0.15) is 0 Å². The summed E-state index contributed by atoms with van der Waals surface area (Å²) in [4.78, 5) is 17.4. The molecule has 5 heteroatoms. The van der Waals surface area contributed by atoms with Crippen LogP contribution >= 0.6 is 0 Å². The van der Waals surface area contributed by atoms with Gasteiger partial charge in [0, 0.05) is 13.0 Å². The summed E-state index contributed by atoms with van der Waals surface area (Å²) >= 11 is 0. The first-order valence-corrected chi connectivity index (χ1v) is 8.09. The molecule has 0 aliphatic carbocycles. The number of halogens is 1. The Morgan fingerprint density at radius 1 is 1.12 bits per heavy atom. The maximum atomic E-state index is 13.4. The van der Waals surface area contributed by atoms with E-state index in [-0.39, 0.29) is 11.4 Å². The minimum Gasteiger partial charge on any atom is -0.393 e. The number of hydrogen-bond donors (Lipinski definition) is 1. The Morgan fingerprint density at radius 3 is 2.79 bits per heavy atom. The lowest BCUT2D eigenvalue weighted by Crippen LogP contribution is -2.24. The number of aryl methyl sites for hydroxylation is 1. The van der Waals surface area contributed by atoms with Crippen LogP contribution in [0.1, 0.15) is 18.7 Å². The number of fused-ring (bicyclic) bond motifs is 2. The van der Waals surface area contributed by atoms with Gasteiger partial charge >= 0.3 is 0 Å². The van der Waals surface area contributed by atoms with Crippen molar-refractivity contribution in [2.24, 2.45) is 0 Å².